The van der Waals surface area contributed by atoms with Gasteiger partial charge in [0, 0.05) is 26.2 Å². The summed E-state index contributed by atoms with van der Waals surface area (Å²) in [6.45, 7) is 6.51. The number of nitriles is 1. The Morgan fingerprint density at radius 3 is 3.26 bits per heavy atom. The molecule has 0 N–H and O–H groups in total. The van der Waals surface area contributed by atoms with Gasteiger partial charge < -0.3 is 9.47 Å². The molecular formula is C15H20N2O2. The van der Waals surface area contributed by atoms with E-state index in [1.807, 2.05) is 12.1 Å². The summed E-state index contributed by atoms with van der Waals surface area (Å²) in [4.78, 5) is 2.37. The van der Waals surface area contributed by atoms with E-state index in [2.05, 4.69) is 17.9 Å². The van der Waals surface area contributed by atoms with Gasteiger partial charge in [-0.1, -0.05) is 6.07 Å². The summed E-state index contributed by atoms with van der Waals surface area (Å²) in [6.07, 6.45) is 1.37. The molecule has 0 aromatic heterocycles. The van der Waals surface area contributed by atoms with E-state index in [0.717, 1.165) is 38.4 Å². The van der Waals surface area contributed by atoms with Crippen LogP contribution in [0.4, 0.5) is 0 Å². The van der Waals surface area contributed by atoms with Crippen LogP contribution in [0.1, 0.15) is 18.9 Å². The Labute approximate surface area is 114 Å². The number of benzene rings is 1. The summed E-state index contributed by atoms with van der Waals surface area (Å²) in [5.41, 5.74) is 0.634. The summed E-state index contributed by atoms with van der Waals surface area (Å²) in [5.74, 6) is 0.762. The second-order valence-electron chi connectivity index (χ2n) is 4.82. The van der Waals surface area contributed by atoms with Gasteiger partial charge in [0.25, 0.3) is 0 Å². The predicted molar refractivity (Wildman–Crippen MR) is 73.1 cm³/mol. The summed E-state index contributed by atoms with van der Waals surface area (Å²) >= 11 is 0. The second-order valence-corrected chi connectivity index (χ2v) is 4.82. The molecule has 0 amide bonds. The molecule has 0 saturated carbocycles. The van der Waals surface area contributed by atoms with Crippen LogP contribution in [0.25, 0.3) is 0 Å². The fraction of sp³-hybridized carbons (Fsp3) is 0.533. The van der Waals surface area contributed by atoms with E-state index < -0.39 is 0 Å². The van der Waals surface area contributed by atoms with Crippen LogP contribution in [-0.4, -0.2) is 43.9 Å². The molecule has 1 aromatic rings. The van der Waals surface area contributed by atoms with Crippen LogP contribution in [0.5, 0.6) is 5.75 Å². The second kappa shape index (κ2) is 7.13. The van der Waals surface area contributed by atoms with Crippen LogP contribution < -0.4 is 4.74 Å². The topological polar surface area (TPSA) is 45.5 Å². The Bertz CT molecular complexity index is 442. The fourth-order valence-corrected chi connectivity index (χ4v) is 2.23. The van der Waals surface area contributed by atoms with Crippen molar-refractivity contribution >= 4 is 0 Å². The lowest BCUT2D eigenvalue weighted by atomic mass is 10.2. The van der Waals surface area contributed by atoms with Crippen molar-refractivity contribution in [1.82, 2.24) is 4.90 Å². The van der Waals surface area contributed by atoms with Gasteiger partial charge in [0.15, 0.2) is 0 Å². The summed E-state index contributed by atoms with van der Waals surface area (Å²) in [7, 11) is 0. The van der Waals surface area contributed by atoms with Crippen molar-refractivity contribution in [3.05, 3.63) is 29.8 Å². The summed E-state index contributed by atoms with van der Waals surface area (Å²) in [6, 6.07) is 9.39. The van der Waals surface area contributed by atoms with Gasteiger partial charge >= 0.3 is 0 Å². The van der Waals surface area contributed by atoms with Crippen molar-refractivity contribution in [1.29, 1.82) is 5.26 Å². The average molecular weight is 260 g/mol. The molecule has 0 aliphatic carbocycles. The molecule has 4 nitrogen and oxygen atoms in total. The molecule has 1 unspecified atom stereocenters. The Morgan fingerprint density at radius 1 is 1.53 bits per heavy atom. The minimum atomic E-state index is 0.296. The molecule has 1 atom stereocenters. The molecule has 1 aliphatic rings. The normalized spacial score (nSPS) is 20.5. The van der Waals surface area contributed by atoms with Crippen molar-refractivity contribution < 1.29 is 9.47 Å². The molecule has 1 heterocycles. The third-order valence-corrected chi connectivity index (χ3v) is 3.18. The Morgan fingerprint density at radius 2 is 2.42 bits per heavy atom. The zero-order valence-corrected chi connectivity index (χ0v) is 11.3. The lowest BCUT2D eigenvalue weighted by Crippen LogP contribution is -2.33. The Balaban J connectivity index is 1.77. The van der Waals surface area contributed by atoms with Gasteiger partial charge in [-0.25, -0.2) is 0 Å². The first kappa shape index (κ1) is 13.9. The molecule has 1 aliphatic heterocycles. The number of ether oxygens (including phenoxy) is 2. The van der Waals surface area contributed by atoms with Gasteiger partial charge in [-0.2, -0.15) is 5.26 Å². The first-order valence-electron chi connectivity index (χ1n) is 6.75. The third kappa shape index (κ3) is 4.55. The molecule has 1 aromatic carbocycles. The largest absolute Gasteiger partial charge is 0.492 e. The fourth-order valence-electron chi connectivity index (χ4n) is 2.23. The van der Waals surface area contributed by atoms with Gasteiger partial charge in [0.05, 0.1) is 17.7 Å². The van der Waals surface area contributed by atoms with Gasteiger partial charge in [-0.3, -0.25) is 4.90 Å². The smallest absolute Gasteiger partial charge is 0.120 e. The standard InChI is InChI=1S/C15H20N2O2/c1-13-12-17(6-3-8-18-13)7-9-19-15-5-2-4-14(10-15)11-16/h2,4-5,10,13H,3,6-9,12H2,1H3. The van der Waals surface area contributed by atoms with Gasteiger partial charge in [0.1, 0.15) is 12.4 Å². The van der Waals surface area contributed by atoms with E-state index in [9.17, 15) is 0 Å². The molecule has 19 heavy (non-hydrogen) atoms. The minimum Gasteiger partial charge on any atom is -0.492 e. The lowest BCUT2D eigenvalue weighted by molar-refractivity contribution is 0.0658. The van der Waals surface area contributed by atoms with Crippen LogP contribution in [-0.2, 0) is 4.74 Å². The Kier molecular flexibility index (Phi) is 5.20. The molecule has 1 fully saturated rings. The van der Waals surface area contributed by atoms with Gasteiger partial charge in [-0.15, -0.1) is 0 Å². The minimum absolute atomic E-state index is 0.296. The monoisotopic (exact) mass is 260 g/mol. The first-order valence-corrected chi connectivity index (χ1v) is 6.75. The van der Waals surface area contributed by atoms with Crippen molar-refractivity contribution in [3.8, 4) is 11.8 Å². The van der Waals surface area contributed by atoms with Crippen molar-refractivity contribution in [2.24, 2.45) is 0 Å². The SMILES string of the molecule is CC1CN(CCOc2cccc(C#N)c2)CCCO1. The molecule has 0 bridgehead atoms. The lowest BCUT2D eigenvalue weighted by Gasteiger charge is -2.21. The zero-order chi connectivity index (χ0) is 13.5. The van der Waals surface area contributed by atoms with Crippen LogP contribution in [0.2, 0.25) is 0 Å². The first-order chi connectivity index (χ1) is 9.28. The van der Waals surface area contributed by atoms with E-state index in [-0.39, 0.29) is 0 Å². The van der Waals surface area contributed by atoms with Crippen LogP contribution >= 0.6 is 0 Å². The summed E-state index contributed by atoms with van der Waals surface area (Å²) < 4.78 is 11.3. The highest BCUT2D eigenvalue weighted by Crippen LogP contribution is 2.12. The highest BCUT2D eigenvalue weighted by molar-refractivity contribution is 5.36. The highest BCUT2D eigenvalue weighted by Gasteiger charge is 2.14. The van der Waals surface area contributed by atoms with Crippen LogP contribution in [0.3, 0.4) is 0 Å². The maximum absolute atomic E-state index is 8.82. The number of hydrogen-bond donors (Lipinski definition) is 0. The van der Waals surface area contributed by atoms with E-state index in [0.29, 0.717) is 18.3 Å². The number of nitrogens with zero attached hydrogens (tertiary/aromatic N) is 2. The molecule has 0 radical (unpaired) electrons. The summed E-state index contributed by atoms with van der Waals surface area (Å²) in [5, 5.41) is 8.82. The molecular weight excluding hydrogens is 240 g/mol. The van der Waals surface area contributed by atoms with E-state index >= 15 is 0 Å². The van der Waals surface area contributed by atoms with E-state index in [1.165, 1.54) is 0 Å². The molecule has 0 spiro atoms. The number of rotatable bonds is 4. The van der Waals surface area contributed by atoms with E-state index in [4.69, 9.17) is 14.7 Å². The van der Waals surface area contributed by atoms with Gasteiger partial charge in [0.2, 0.25) is 0 Å². The van der Waals surface area contributed by atoms with E-state index in [1.54, 1.807) is 12.1 Å². The maximum atomic E-state index is 8.82. The molecule has 4 heteroatoms. The Hall–Kier alpha value is -1.57. The van der Waals surface area contributed by atoms with Crippen molar-refractivity contribution in [3.63, 3.8) is 0 Å². The quantitative estimate of drug-likeness (QED) is 0.831. The van der Waals surface area contributed by atoms with Crippen LogP contribution in [0.15, 0.2) is 24.3 Å². The highest BCUT2D eigenvalue weighted by atomic mass is 16.5. The van der Waals surface area contributed by atoms with Crippen LogP contribution in [0, 0.1) is 11.3 Å². The average Bonchev–Trinajstić information content (AvgIpc) is 2.63. The molecule has 2 rings (SSSR count). The predicted octanol–water partition coefficient (Wildman–Crippen LogP) is 2.05. The molecule has 1 saturated heterocycles. The zero-order valence-electron chi connectivity index (χ0n) is 11.3. The van der Waals surface area contributed by atoms with Crippen molar-refractivity contribution in [2.45, 2.75) is 19.4 Å². The third-order valence-electron chi connectivity index (χ3n) is 3.18. The molecule has 102 valence electrons. The van der Waals surface area contributed by atoms with Crippen molar-refractivity contribution in [2.75, 3.05) is 32.8 Å². The number of hydrogen-bond acceptors (Lipinski definition) is 4. The maximum Gasteiger partial charge on any atom is 0.120 e. The van der Waals surface area contributed by atoms with Gasteiger partial charge in [-0.05, 0) is 31.5 Å².